The van der Waals surface area contributed by atoms with Crippen LogP contribution in [0.2, 0.25) is 0 Å². The summed E-state index contributed by atoms with van der Waals surface area (Å²) in [6, 6.07) is 9.85. The number of aliphatic carboxylic acids is 1. The molecule has 0 unspecified atom stereocenters. The molecular formula is C21H25N3O4. The summed E-state index contributed by atoms with van der Waals surface area (Å²) in [7, 11) is 1.74. The highest BCUT2D eigenvalue weighted by molar-refractivity contribution is 5.81. The lowest BCUT2D eigenvalue weighted by molar-refractivity contribution is -0.137. The molecule has 2 amide bonds. The predicted octanol–water partition coefficient (Wildman–Crippen LogP) is 2.49. The van der Waals surface area contributed by atoms with Gasteiger partial charge in [-0.05, 0) is 37.0 Å². The van der Waals surface area contributed by atoms with Gasteiger partial charge in [-0.15, -0.1) is 0 Å². The van der Waals surface area contributed by atoms with Crippen molar-refractivity contribution in [2.75, 3.05) is 7.05 Å². The van der Waals surface area contributed by atoms with Gasteiger partial charge in [0.2, 0.25) is 11.8 Å². The van der Waals surface area contributed by atoms with Gasteiger partial charge in [-0.1, -0.05) is 18.2 Å². The number of benzene rings is 1. The van der Waals surface area contributed by atoms with E-state index in [0.717, 1.165) is 16.5 Å². The number of pyridine rings is 1. The Labute approximate surface area is 163 Å². The third-order valence-electron chi connectivity index (χ3n) is 5.36. The molecule has 1 fully saturated rings. The Morgan fingerprint density at radius 1 is 1.25 bits per heavy atom. The fraction of sp³-hybridized carbons (Fsp3) is 0.429. The van der Waals surface area contributed by atoms with Gasteiger partial charge in [0.15, 0.2) is 0 Å². The van der Waals surface area contributed by atoms with Gasteiger partial charge in [0, 0.05) is 50.0 Å². The van der Waals surface area contributed by atoms with Crippen molar-refractivity contribution in [3.63, 3.8) is 0 Å². The maximum absolute atomic E-state index is 12.6. The number of nitrogens with zero attached hydrogens (tertiary/aromatic N) is 2. The molecule has 7 heteroatoms. The Morgan fingerprint density at radius 2 is 2.00 bits per heavy atom. The first-order valence-corrected chi connectivity index (χ1v) is 9.47. The van der Waals surface area contributed by atoms with Crippen LogP contribution in [0.5, 0.6) is 0 Å². The monoisotopic (exact) mass is 383 g/mol. The van der Waals surface area contributed by atoms with E-state index in [1.54, 1.807) is 18.1 Å². The second kappa shape index (κ2) is 8.37. The molecule has 1 aromatic carbocycles. The Balaban J connectivity index is 1.59. The van der Waals surface area contributed by atoms with Crippen LogP contribution in [0.1, 0.15) is 44.1 Å². The summed E-state index contributed by atoms with van der Waals surface area (Å²) in [5, 5.41) is 12.9. The lowest BCUT2D eigenvalue weighted by Gasteiger charge is -2.29. The highest BCUT2D eigenvalue weighted by Crippen LogP contribution is 2.30. The fourth-order valence-electron chi connectivity index (χ4n) is 3.72. The van der Waals surface area contributed by atoms with Gasteiger partial charge in [0.25, 0.3) is 0 Å². The number of aromatic nitrogens is 1. The molecule has 2 aromatic rings. The smallest absolute Gasteiger partial charge is 0.303 e. The zero-order valence-electron chi connectivity index (χ0n) is 16.0. The SMILES string of the molecule is CN(Cc1cnc2ccccc2c1)C(=O)CC[C@@]1(CCC(=O)O)CCC(=O)N1. The van der Waals surface area contributed by atoms with Crippen molar-refractivity contribution in [2.45, 2.75) is 50.6 Å². The van der Waals surface area contributed by atoms with Crippen molar-refractivity contribution in [1.82, 2.24) is 15.2 Å². The molecule has 0 radical (unpaired) electrons. The molecule has 3 rings (SSSR count). The van der Waals surface area contributed by atoms with E-state index in [-0.39, 0.29) is 24.7 Å². The van der Waals surface area contributed by atoms with Crippen LogP contribution < -0.4 is 5.32 Å². The lowest BCUT2D eigenvalue weighted by atomic mass is 9.86. The second-order valence-electron chi connectivity index (χ2n) is 7.51. The first kappa shape index (κ1) is 19.8. The highest BCUT2D eigenvalue weighted by Gasteiger charge is 2.38. The van der Waals surface area contributed by atoms with Gasteiger partial charge in [-0.2, -0.15) is 0 Å². The van der Waals surface area contributed by atoms with Crippen LogP contribution in [0.4, 0.5) is 0 Å². The summed E-state index contributed by atoms with van der Waals surface area (Å²) >= 11 is 0. The zero-order chi connectivity index (χ0) is 20.1. The summed E-state index contributed by atoms with van der Waals surface area (Å²) in [4.78, 5) is 41.3. The van der Waals surface area contributed by atoms with Gasteiger partial charge < -0.3 is 15.3 Å². The first-order valence-electron chi connectivity index (χ1n) is 9.47. The number of carbonyl (C=O) groups is 3. The van der Waals surface area contributed by atoms with E-state index in [2.05, 4.69) is 10.3 Å². The summed E-state index contributed by atoms with van der Waals surface area (Å²) in [5.41, 5.74) is 1.28. The molecule has 7 nitrogen and oxygen atoms in total. The van der Waals surface area contributed by atoms with Crippen molar-refractivity contribution in [2.24, 2.45) is 0 Å². The largest absolute Gasteiger partial charge is 0.481 e. The Hall–Kier alpha value is -2.96. The van der Waals surface area contributed by atoms with Gasteiger partial charge in [-0.3, -0.25) is 19.4 Å². The zero-order valence-corrected chi connectivity index (χ0v) is 16.0. The van der Waals surface area contributed by atoms with E-state index in [0.29, 0.717) is 32.2 Å². The highest BCUT2D eigenvalue weighted by atomic mass is 16.4. The normalized spacial score (nSPS) is 18.8. The summed E-state index contributed by atoms with van der Waals surface area (Å²) < 4.78 is 0. The first-order chi connectivity index (χ1) is 13.4. The van der Waals surface area contributed by atoms with Crippen molar-refractivity contribution in [3.8, 4) is 0 Å². The van der Waals surface area contributed by atoms with Gasteiger partial charge >= 0.3 is 5.97 Å². The van der Waals surface area contributed by atoms with E-state index >= 15 is 0 Å². The number of amides is 2. The molecule has 2 N–H and O–H groups in total. The maximum Gasteiger partial charge on any atom is 0.303 e. The Morgan fingerprint density at radius 3 is 2.71 bits per heavy atom. The minimum absolute atomic E-state index is 0.0208. The van der Waals surface area contributed by atoms with Gasteiger partial charge in [-0.25, -0.2) is 0 Å². The third-order valence-corrected chi connectivity index (χ3v) is 5.36. The third kappa shape index (κ3) is 4.85. The lowest BCUT2D eigenvalue weighted by Crippen LogP contribution is -2.43. The number of nitrogens with one attached hydrogen (secondary N) is 1. The number of carboxylic acid groups (broad SMARTS) is 1. The van der Waals surface area contributed by atoms with E-state index < -0.39 is 11.5 Å². The molecule has 1 aliphatic rings. The molecule has 0 saturated carbocycles. The van der Waals surface area contributed by atoms with Crippen molar-refractivity contribution < 1.29 is 19.5 Å². The topological polar surface area (TPSA) is 99.6 Å². The molecule has 1 saturated heterocycles. The standard InChI is InChI=1S/C21H25N3O4/c1-24(14-15-12-16-4-2-3-5-17(16)22-13-15)19(26)7-10-21(11-8-20(27)28)9-6-18(25)23-21/h2-5,12-13H,6-11,14H2,1H3,(H,23,25)(H,27,28)/t21-/m1/s1. The molecule has 1 aromatic heterocycles. The van der Waals surface area contributed by atoms with Crippen LogP contribution >= 0.6 is 0 Å². The number of rotatable bonds is 8. The number of para-hydroxylation sites is 1. The molecule has 28 heavy (non-hydrogen) atoms. The number of carboxylic acids is 1. The Kier molecular flexibility index (Phi) is 5.92. The minimum Gasteiger partial charge on any atom is -0.481 e. The van der Waals surface area contributed by atoms with Crippen LogP contribution in [0.15, 0.2) is 36.5 Å². The summed E-state index contributed by atoms with van der Waals surface area (Å²) in [6.07, 6.45) is 3.77. The average Bonchev–Trinajstić information content (AvgIpc) is 3.05. The molecule has 0 spiro atoms. The van der Waals surface area contributed by atoms with Crippen LogP contribution in [0.3, 0.4) is 0 Å². The van der Waals surface area contributed by atoms with Crippen LogP contribution in [-0.4, -0.2) is 45.4 Å². The van der Waals surface area contributed by atoms with E-state index in [1.807, 2.05) is 30.3 Å². The number of hydrogen-bond acceptors (Lipinski definition) is 4. The van der Waals surface area contributed by atoms with Crippen LogP contribution in [0, 0.1) is 0 Å². The molecule has 148 valence electrons. The van der Waals surface area contributed by atoms with Gasteiger partial charge in [0.05, 0.1) is 5.52 Å². The van der Waals surface area contributed by atoms with Crippen molar-refractivity contribution >= 4 is 28.7 Å². The van der Waals surface area contributed by atoms with E-state index in [4.69, 9.17) is 5.11 Å². The number of fused-ring (bicyclic) bond motifs is 1. The van der Waals surface area contributed by atoms with Crippen molar-refractivity contribution in [3.05, 3.63) is 42.1 Å². The fourth-order valence-corrected chi connectivity index (χ4v) is 3.72. The van der Waals surface area contributed by atoms with E-state index in [9.17, 15) is 14.4 Å². The molecule has 0 aliphatic carbocycles. The maximum atomic E-state index is 12.6. The van der Waals surface area contributed by atoms with Crippen molar-refractivity contribution in [1.29, 1.82) is 0 Å². The second-order valence-corrected chi connectivity index (χ2v) is 7.51. The number of hydrogen-bond donors (Lipinski definition) is 2. The summed E-state index contributed by atoms with van der Waals surface area (Å²) in [6.45, 7) is 0.450. The van der Waals surface area contributed by atoms with Crippen LogP contribution in [0.25, 0.3) is 10.9 Å². The Bertz CT molecular complexity index is 898. The molecule has 2 heterocycles. The predicted molar refractivity (Wildman–Crippen MR) is 104 cm³/mol. The molecule has 0 bridgehead atoms. The van der Waals surface area contributed by atoms with Gasteiger partial charge in [0.1, 0.15) is 0 Å². The van der Waals surface area contributed by atoms with E-state index in [1.165, 1.54) is 0 Å². The average molecular weight is 383 g/mol. The number of carbonyl (C=O) groups excluding carboxylic acids is 2. The molecule has 1 aliphatic heterocycles. The summed E-state index contributed by atoms with van der Waals surface area (Å²) in [5.74, 6) is -1.01. The van der Waals surface area contributed by atoms with Crippen LogP contribution in [-0.2, 0) is 20.9 Å². The quantitative estimate of drug-likeness (QED) is 0.730. The minimum atomic E-state index is -0.896. The molecule has 1 atom stereocenters. The molecular weight excluding hydrogens is 358 g/mol.